The van der Waals surface area contributed by atoms with Gasteiger partial charge in [0.05, 0.1) is 0 Å². The molecule has 2 aliphatic rings. The van der Waals surface area contributed by atoms with Gasteiger partial charge in [0.2, 0.25) is 5.91 Å². The summed E-state index contributed by atoms with van der Waals surface area (Å²) in [6.07, 6.45) is 5.31. The predicted octanol–water partition coefficient (Wildman–Crippen LogP) is 3.60. The van der Waals surface area contributed by atoms with Crippen LogP contribution in [-0.4, -0.2) is 12.5 Å². The predicted molar refractivity (Wildman–Crippen MR) is 81.1 cm³/mol. The molecule has 1 aliphatic heterocycles. The molecule has 0 atom stereocenters. The van der Waals surface area contributed by atoms with Crippen LogP contribution in [0.15, 0.2) is 18.2 Å². The van der Waals surface area contributed by atoms with Crippen LogP contribution in [0.3, 0.4) is 0 Å². The summed E-state index contributed by atoms with van der Waals surface area (Å²) in [6.45, 7) is 3.15. The molecule has 3 nitrogen and oxygen atoms in total. The Hall–Kier alpha value is -1.22. The monoisotopic (exact) mass is 280 g/mol. The Balaban J connectivity index is 0.00000133. The number of carbonyl (C=O) groups excluding carboxylic acids is 1. The number of amides is 1. The summed E-state index contributed by atoms with van der Waals surface area (Å²) in [5, 5.41) is 6.46. The molecule has 1 aromatic rings. The van der Waals surface area contributed by atoms with E-state index >= 15 is 0 Å². The lowest BCUT2D eigenvalue weighted by atomic mass is 10.0. The zero-order valence-electron chi connectivity index (χ0n) is 11.3. The van der Waals surface area contributed by atoms with E-state index in [2.05, 4.69) is 29.7 Å². The van der Waals surface area contributed by atoms with Gasteiger partial charge < -0.3 is 10.6 Å². The molecule has 1 aliphatic carbocycles. The molecule has 2 N–H and O–H groups in total. The van der Waals surface area contributed by atoms with Gasteiger partial charge in [0.1, 0.15) is 0 Å². The van der Waals surface area contributed by atoms with Gasteiger partial charge in [-0.1, -0.05) is 6.92 Å². The lowest BCUT2D eigenvalue weighted by molar-refractivity contribution is -0.121. The third kappa shape index (κ3) is 2.71. The quantitative estimate of drug-likeness (QED) is 0.888. The number of fused-ring (bicyclic) bond motifs is 1. The number of nitrogens with one attached hydrogen (secondary N) is 2. The SMILES string of the molecule is CCC1(C(=O)Nc2ccc3c(c2)CCCN3)CC1.Cl. The highest BCUT2D eigenvalue weighted by Gasteiger charge is 2.47. The van der Waals surface area contributed by atoms with Crippen LogP contribution in [-0.2, 0) is 11.2 Å². The van der Waals surface area contributed by atoms with Crippen LogP contribution in [0.25, 0.3) is 0 Å². The minimum atomic E-state index is -0.0614. The lowest BCUT2D eigenvalue weighted by Crippen LogP contribution is -2.23. The van der Waals surface area contributed by atoms with Crippen molar-refractivity contribution in [2.24, 2.45) is 5.41 Å². The molecule has 1 fully saturated rings. The van der Waals surface area contributed by atoms with Crippen LogP contribution in [0, 0.1) is 5.41 Å². The van der Waals surface area contributed by atoms with Crippen LogP contribution in [0.1, 0.15) is 38.2 Å². The van der Waals surface area contributed by atoms with Crippen molar-refractivity contribution in [1.82, 2.24) is 0 Å². The van der Waals surface area contributed by atoms with Gasteiger partial charge >= 0.3 is 0 Å². The molecular formula is C15H21ClN2O. The topological polar surface area (TPSA) is 41.1 Å². The maximum Gasteiger partial charge on any atom is 0.230 e. The zero-order chi connectivity index (χ0) is 12.6. The largest absolute Gasteiger partial charge is 0.385 e. The Morgan fingerprint density at radius 3 is 2.89 bits per heavy atom. The highest BCUT2D eigenvalue weighted by Crippen LogP contribution is 2.49. The van der Waals surface area contributed by atoms with Gasteiger partial charge in [-0.2, -0.15) is 0 Å². The van der Waals surface area contributed by atoms with E-state index in [4.69, 9.17) is 0 Å². The van der Waals surface area contributed by atoms with Crippen molar-refractivity contribution < 1.29 is 4.79 Å². The lowest BCUT2D eigenvalue weighted by Gasteiger charge is -2.19. The molecule has 0 unspecified atom stereocenters. The minimum absolute atomic E-state index is 0. The van der Waals surface area contributed by atoms with E-state index in [1.165, 1.54) is 17.7 Å². The van der Waals surface area contributed by atoms with E-state index < -0.39 is 0 Å². The molecule has 1 amide bonds. The van der Waals surface area contributed by atoms with Crippen LogP contribution in [0.4, 0.5) is 11.4 Å². The summed E-state index contributed by atoms with van der Waals surface area (Å²) < 4.78 is 0. The van der Waals surface area contributed by atoms with E-state index in [0.717, 1.165) is 37.9 Å². The maximum absolute atomic E-state index is 12.2. The van der Waals surface area contributed by atoms with Gasteiger partial charge in [-0.25, -0.2) is 0 Å². The molecule has 1 saturated carbocycles. The molecular weight excluding hydrogens is 260 g/mol. The Morgan fingerprint density at radius 2 is 2.21 bits per heavy atom. The van der Waals surface area contributed by atoms with E-state index in [-0.39, 0.29) is 23.7 Å². The first-order valence-electron chi connectivity index (χ1n) is 6.92. The standard InChI is InChI=1S/C15H20N2O.ClH/c1-2-15(7-8-15)14(18)17-12-5-6-13-11(10-12)4-3-9-16-13;/h5-6,10,16H,2-4,7-9H2,1H3,(H,17,18);1H. The van der Waals surface area contributed by atoms with E-state index in [1.54, 1.807) is 0 Å². The van der Waals surface area contributed by atoms with Crippen molar-refractivity contribution in [3.8, 4) is 0 Å². The normalized spacial score (nSPS) is 18.6. The summed E-state index contributed by atoms with van der Waals surface area (Å²) >= 11 is 0. The van der Waals surface area contributed by atoms with Gasteiger partial charge in [0.25, 0.3) is 0 Å². The molecule has 19 heavy (non-hydrogen) atoms. The van der Waals surface area contributed by atoms with E-state index in [1.807, 2.05) is 6.07 Å². The fourth-order valence-corrected chi connectivity index (χ4v) is 2.71. The second kappa shape index (κ2) is 5.41. The smallest absolute Gasteiger partial charge is 0.230 e. The van der Waals surface area contributed by atoms with Gasteiger partial charge in [-0.05, 0) is 55.9 Å². The zero-order valence-corrected chi connectivity index (χ0v) is 12.1. The Labute approximate surface area is 120 Å². The second-order valence-electron chi connectivity index (χ2n) is 5.49. The number of halogens is 1. The van der Waals surface area contributed by atoms with Gasteiger partial charge in [0.15, 0.2) is 0 Å². The first kappa shape index (κ1) is 14.2. The summed E-state index contributed by atoms with van der Waals surface area (Å²) in [7, 11) is 0. The molecule has 0 spiro atoms. The van der Waals surface area contributed by atoms with Crippen molar-refractivity contribution in [1.29, 1.82) is 0 Å². The summed E-state index contributed by atoms with van der Waals surface area (Å²) in [5.74, 6) is 0.203. The number of anilines is 2. The molecule has 0 saturated heterocycles. The third-order valence-electron chi connectivity index (χ3n) is 4.31. The number of hydrogen-bond donors (Lipinski definition) is 2. The molecule has 0 aromatic heterocycles. The Bertz CT molecular complexity index is 483. The van der Waals surface area contributed by atoms with Crippen LogP contribution in [0.2, 0.25) is 0 Å². The van der Waals surface area contributed by atoms with Gasteiger partial charge in [-0.15, -0.1) is 12.4 Å². The Kier molecular flexibility index (Phi) is 4.04. The summed E-state index contributed by atoms with van der Waals surface area (Å²) in [5.41, 5.74) is 3.42. The summed E-state index contributed by atoms with van der Waals surface area (Å²) in [4.78, 5) is 12.2. The van der Waals surface area contributed by atoms with Crippen molar-refractivity contribution in [3.05, 3.63) is 23.8 Å². The van der Waals surface area contributed by atoms with Crippen LogP contribution >= 0.6 is 12.4 Å². The molecule has 0 radical (unpaired) electrons. The van der Waals surface area contributed by atoms with Crippen LogP contribution < -0.4 is 10.6 Å². The first-order chi connectivity index (χ1) is 8.73. The number of carbonyl (C=O) groups is 1. The second-order valence-corrected chi connectivity index (χ2v) is 5.49. The van der Waals surface area contributed by atoms with E-state index in [0.29, 0.717) is 0 Å². The number of aryl methyl sites for hydroxylation is 1. The highest BCUT2D eigenvalue weighted by atomic mass is 35.5. The van der Waals surface area contributed by atoms with Crippen LogP contribution in [0.5, 0.6) is 0 Å². The van der Waals surface area contributed by atoms with Crippen molar-refractivity contribution in [3.63, 3.8) is 0 Å². The maximum atomic E-state index is 12.2. The average Bonchev–Trinajstić information content (AvgIpc) is 3.19. The van der Waals surface area contributed by atoms with Gasteiger partial charge in [-0.3, -0.25) is 4.79 Å². The Morgan fingerprint density at radius 1 is 1.42 bits per heavy atom. The fourth-order valence-electron chi connectivity index (χ4n) is 2.71. The molecule has 1 aromatic carbocycles. The first-order valence-corrected chi connectivity index (χ1v) is 6.92. The van der Waals surface area contributed by atoms with Gasteiger partial charge in [0, 0.05) is 23.3 Å². The molecule has 0 bridgehead atoms. The number of benzene rings is 1. The van der Waals surface area contributed by atoms with E-state index in [9.17, 15) is 4.79 Å². The van der Waals surface area contributed by atoms with Crippen molar-refractivity contribution in [2.45, 2.75) is 39.0 Å². The number of rotatable bonds is 3. The molecule has 1 heterocycles. The number of hydrogen-bond acceptors (Lipinski definition) is 2. The molecule has 4 heteroatoms. The molecule has 104 valence electrons. The van der Waals surface area contributed by atoms with Crippen molar-refractivity contribution >= 4 is 29.7 Å². The summed E-state index contributed by atoms with van der Waals surface area (Å²) in [6, 6.07) is 6.20. The third-order valence-corrected chi connectivity index (χ3v) is 4.31. The minimum Gasteiger partial charge on any atom is -0.385 e. The molecule has 3 rings (SSSR count). The van der Waals surface area contributed by atoms with Crippen molar-refractivity contribution in [2.75, 3.05) is 17.2 Å². The highest BCUT2D eigenvalue weighted by molar-refractivity contribution is 5.97. The fraction of sp³-hybridized carbons (Fsp3) is 0.533. The average molecular weight is 281 g/mol.